The van der Waals surface area contributed by atoms with Gasteiger partial charge in [0.2, 0.25) is 5.91 Å². The summed E-state index contributed by atoms with van der Waals surface area (Å²) in [6.07, 6.45) is 4.95. The number of aliphatic hydroxyl groups is 2. The number of hydrogen-bond donors (Lipinski definition) is 2. The predicted molar refractivity (Wildman–Crippen MR) is 71.4 cm³/mol. The van der Waals surface area contributed by atoms with Crippen LogP contribution in [0.1, 0.15) is 45.4 Å². The third-order valence-corrected chi connectivity index (χ3v) is 5.34. The Bertz CT molecular complexity index is 364. The highest BCUT2D eigenvalue weighted by Gasteiger charge is 2.44. The second kappa shape index (κ2) is 4.74. The molecule has 1 amide bonds. The molecule has 4 atom stereocenters. The van der Waals surface area contributed by atoms with Gasteiger partial charge in [-0.15, -0.1) is 0 Å². The monoisotopic (exact) mass is 267 g/mol. The quantitative estimate of drug-likeness (QED) is 0.806. The molecule has 0 bridgehead atoms. The molecule has 0 radical (unpaired) electrons. The Labute approximate surface area is 114 Å². The van der Waals surface area contributed by atoms with Gasteiger partial charge in [0.1, 0.15) is 0 Å². The topological polar surface area (TPSA) is 60.8 Å². The molecule has 4 nitrogen and oxygen atoms in total. The highest BCUT2D eigenvalue weighted by Crippen LogP contribution is 2.42. The van der Waals surface area contributed by atoms with E-state index in [0.29, 0.717) is 17.8 Å². The van der Waals surface area contributed by atoms with Gasteiger partial charge in [0.25, 0.3) is 0 Å². The maximum Gasteiger partial charge on any atom is 0.225 e. The number of likely N-dealkylation sites (tertiary alicyclic amines) is 1. The molecular formula is C15H25NO3. The molecule has 3 aliphatic rings. The standard InChI is InChI=1S/C15H25NO3/c1-15(19,12-3-4-12)7-14(18)16-8-10-2-5-13(17)6-11(10)9-16/h10-13,17,19H,2-9H2,1H3. The fraction of sp³-hybridized carbons (Fsp3) is 0.933. The summed E-state index contributed by atoms with van der Waals surface area (Å²) in [7, 11) is 0. The molecule has 4 unspecified atom stereocenters. The third-order valence-electron chi connectivity index (χ3n) is 5.34. The minimum atomic E-state index is -0.815. The van der Waals surface area contributed by atoms with Gasteiger partial charge in [0, 0.05) is 13.1 Å². The van der Waals surface area contributed by atoms with E-state index in [-0.39, 0.29) is 18.4 Å². The summed E-state index contributed by atoms with van der Waals surface area (Å²) in [6, 6.07) is 0. The summed E-state index contributed by atoms with van der Waals surface area (Å²) >= 11 is 0. The van der Waals surface area contributed by atoms with Gasteiger partial charge < -0.3 is 15.1 Å². The Hall–Kier alpha value is -0.610. The average Bonchev–Trinajstić information content (AvgIpc) is 3.10. The van der Waals surface area contributed by atoms with Crippen LogP contribution in [-0.4, -0.2) is 45.8 Å². The smallest absolute Gasteiger partial charge is 0.225 e. The molecule has 0 aromatic heterocycles. The van der Waals surface area contributed by atoms with Crippen molar-refractivity contribution in [3.05, 3.63) is 0 Å². The van der Waals surface area contributed by atoms with Crippen molar-refractivity contribution in [2.45, 2.75) is 57.2 Å². The fourth-order valence-corrected chi connectivity index (χ4v) is 3.88. The number of aliphatic hydroxyl groups excluding tert-OH is 1. The predicted octanol–water partition coefficient (Wildman–Crippen LogP) is 1.16. The van der Waals surface area contributed by atoms with E-state index in [0.717, 1.165) is 45.2 Å². The first-order chi connectivity index (χ1) is 8.95. The molecule has 2 aliphatic carbocycles. The number of hydrogen-bond acceptors (Lipinski definition) is 3. The Kier molecular flexibility index (Phi) is 3.34. The van der Waals surface area contributed by atoms with Crippen molar-refractivity contribution in [1.82, 2.24) is 4.90 Å². The van der Waals surface area contributed by atoms with Gasteiger partial charge in [-0.2, -0.15) is 0 Å². The summed E-state index contributed by atoms with van der Waals surface area (Å²) in [5.41, 5.74) is -0.815. The molecular weight excluding hydrogens is 242 g/mol. The first kappa shape index (κ1) is 13.4. The summed E-state index contributed by atoms with van der Waals surface area (Å²) in [6.45, 7) is 3.41. The van der Waals surface area contributed by atoms with Gasteiger partial charge in [0.15, 0.2) is 0 Å². The van der Waals surface area contributed by atoms with Crippen LogP contribution in [0.15, 0.2) is 0 Å². The summed E-state index contributed by atoms with van der Waals surface area (Å²) in [4.78, 5) is 14.2. The van der Waals surface area contributed by atoms with Gasteiger partial charge in [-0.3, -0.25) is 4.79 Å². The van der Waals surface area contributed by atoms with Crippen LogP contribution in [0, 0.1) is 17.8 Å². The van der Waals surface area contributed by atoms with Crippen LogP contribution in [0.3, 0.4) is 0 Å². The zero-order valence-electron chi connectivity index (χ0n) is 11.7. The highest BCUT2D eigenvalue weighted by atomic mass is 16.3. The minimum Gasteiger partial charge on any atom is -0.393 e. The first-order valence-corrected chi connectivity index (χ1v) is 7.64. The van der Waals surface area contributed by atoms with Crippen molar-refractivity contribution in [2.24, 2.45) is 17.8 Å². The molecule has 3 rings (SSSR count). The lowest BCUT2D eigenvalue weighted by Crippen LogP contribution is -2.38. The van der Waals surface area contributed by atoms with E-state index >= 15 is 0 Å². The SMILES string of the molecule is CC(O)(CC(=O)N1CC2CCC(O)CC2C1)C1CC1. The van der Waals surface area contributed by atoms with Crippen molar-refractivity contribution >= 4 is 5.91 Å². The minimum absolute atomic E-state index is 0.0980. The summed E-state index contributed by atoms with van der Waals surface area (Å²) in [5.74, 6) is 1.46. The van der Waals surface area contributed by atoms with E-state index in [4.69, 9.17) is 0 Å². The second-order valence-corrected chi connectivity index (χ2v) is 7.09. The molecule has 2 saturated carbocycles. The van der Waals surface area contributed by atoms with Crippen LogP contribution in [0.4, 0.5) is 0 Å². The number of fused-ring (bicyclic) bond motifs is 1. The largest absolute Gasteiger partial charge is 0.393 e. The number of carbonyl (C=O) groups is 1. The number of carbonyl (C=O) groups excluding carboxylic acids is 1. The maximum atomic E-state index is 12.3. The van der Waals surface area contributed by atoms with Crippen LogP contribution >= 0.6 is 0 Å². The lowest BCUT2D eigenvalue weighted by Gasteiger charge is -2.27. The van der Waals surface area contributed by atoms with Crippen molar-refractivity contribution in [3.63, 3.8) is 0 Å². The zero-order chi connectivity index (χ0) is 13.6. The van der Waals surface area contributed by atoms with Crippen molar-refractivity contribution in [1.29, 1.82) is 0 Å². The number of nitrogens with zero attached hydrogens (tertiary/aromatic N) is 1. The van der Waals surface area contributed by atoms with Crippen molar-refractivity contribution in [2.75, 3.05) is 13.1 Å². The third kappa shape index (κ3) is 2.79. The molecule has 0 spiro atoms. The van der Waals surface area contributed by atoms with Crippen LogP contribution in [-0.2, 0) is 4.79 Å². The lowest BCUT2D eigenvalue weighted by molar-refractivity contribution is -0.135. The Morgan fingerprint density at radius 2 is 1.89 bits per heavy atom. The molecule has 1 heterocycles. The molecule has 0 aromatic rings. The maximum absolute atomic E-state index is 12.3. The lowest BCUT2D eigenvalue weighted by atomic mass is 9.80. The second-order valence-electron chi connectivity index (χ2n) is 7.09. The Balaban J connectivity index is 1.56. The van der Waals surface area contributed by atoms with Gasteiger partial charge in [-0.05, 0) is 56.8 Å². The molecule has 1 aliphatic heterocycles. The van der Waals surface area contributed by atoms with Crippen molar-refractivity contribution in [3.8, 4) is 0 Å². The molecule has 0 aromatic carbocycles. The van der Waals surface area contributed by atoms with Gasteiger partial charge in [-0.1, -0.05) is 0 Å². The van der Waals surface area contributed by atoms with Gasteiger partial charge >= 0.3 is 0 Å². The Morgan fingerprint density at radius 3 is 2.58 bits per heavy atom. The van der Waals surface area contributed by atoms with Crippen LogP contribution < -0.4 is 0 Å². The van der Waals surface area contributed by atoms with E-state index in [1.807, 2.05) is 4.90 Å². The summed E-state index contributed by atoms with van der Waals surface area (Å²) < 4.78 is 0. The number of amides is 1. The summed E-state index contributed by atoms with van der Waals surface area (Å²) in [5, 5.41) is 20.0. The molecule has 4 heteroatoms. The highest BCUT2D eigenvalue weighted by molar-refractivity contribution is 5.77. The molecule has 2 N–H and O–H groups in total. The number of rotatable bonds is 3. The van der Waals surface area contributed by atoms with E-state index < -0.39 is 5.60 Å². The molecule has 19 heavy (non-hydrogen) atoms. The molecule has 3 fully saturated rings. The van der Waals surface area contributed by atoms with Crippen LogP contribution in [0.25, 0.3) is 0 Å². The first-order valence-electron chi connectivity index (χ1n) is 7.64. The average molecular weight is 267 g/mol. The van der Waals surface area contributed by atoms with Crippen LogP contribution in [0.5, 0.6) is 0 Å². The fourth-order valence-electron chi connectivity index (χ4n) is 3.88. The molecule has 1 saturated heterocycles. The van der Waals surface area contributed by atoms with E-state index in [2.05, 4.69) is 0 Å². The van der Waals surface area contributed by atoms with E-state index in [9.17, 15) is 15.0 Å². The Morgan fingerprint density at radius 1 is 1.21 bits per heavy atom. The zero-order valence-corrected chi connectivity index (χ0v) is 11.7. The molecule has 108 valence electrons. The van der Waals surface area contributed by atoms with Crippen molar-refractivity contribution < 1.29 is 15.0 Å². The van der Waals surface area contributed by atoms with Gasteiger partial charge in [-0.25, -0.2) is 0 Å². The van der Waals surface area contributed by atoms with E-state index in [1.165, 1.54) is 0 Å². The van der Waals surface area contributed by atoms with Crippen LogP contribution in [0.2, 0.25) is 0 Å². The van der Waals surface area contributed by atoms with E-state index in [1.54, 1.807) is 6.92 Å². The van der Waals surface area contributed by atoms with Gasteiger partial charge in [0.05, 0.1) is 18.1 Å². The normalized spacial score (nSPS) is 37.8.